The summed E-state index contributed by atoms with van der Waals surface area (Å²) >= 11 is 0. The third-order valence-corrected chi connectivity index (χ3v) is 7.32. The molecule has 0 spiro atoms. The van der Waals surface area contributed by atoms with Crippen LogP contribution in [0.3, 0.4) is 0 Å². The van der Waals surface area contributed by atoms with Gasteiger partial charge in [-0.3, -0.25) is 9.10 Å². The smallest absolute Gasteiger partial charge is 0.235 e. The highest BCUT2D eigenvalue weighted by molar-refractivity contribution is 7.93. The highest BCUT2D eigenvalue weighted by Gasteiger charge is 2.39. The molecule has 1 saturated carbocycles. The summed E-state index contributed by atoms with van der Waals surface area (Å²) in [7, 11) is -3.22. The lowest BCUT2D eigenvalue weighted by molar-refractivity contribution is -0.120. The predicted octanol–water partition coefficient (Wildman–Crippen LogP) is 2.69. The van der Waals surface area contributed by atoms with Crippen LogP contribution in [0.1, 0.15) is 24.8 Å². The Morgan fingerprint density at radius 1 is 1.25 bits per heavy atom. The molecule has 128 valence electrons. The summed E-state index contributed by atoms with van der Waals surface area (Å²) < 4.78 is 25.8. The van der Waals surface area contributed by atoms with E-state index in [4.69, 9.17) is 0 Å². The minimum Gasteiger partial charge on any atom is -0.326 e. The van der Waals surface area contributed by atoms with Gasteiger partial charge in [0.1, 0.15) is 0 Å². The van der Waals surface area contributed by atoms with Crippen LogP contribution >= 0.6 is 0 Å². The first kappa shape index (κ1) is 15.7. The fourth-order valence-corrected chi connectivity index (χ4v) is 5.80. The summed E-state index contributed by atoms with van der Waals surface area (Å²) in [4.78, 5) is 12.6. The van der Waals surface area contributed by atoms with Crippen molar-refractivity contribution in [1.82, 2.24) is 0 Å². The first-order valence-corrected chi connectivity index (χ1v) is 10.2. The first-order chi connectivity index (χ1) is 11.4. The predicted molar refractivity (Wildman–Crippen MR) is 94.4 cm³/mol. The van der Waals surface area contributed by atoms with E-state index in [-0.39, 0.29) is 17.6 Å². The summed E-state index contributed by atoms with van der Waals surface area (Å²) in [5.74, 6) is 1.19. The number of carbonyl (C=O) groups is 1. The first-order valence-electron chi connectivity index (χ1n) is 8.54. The van der Waals surface area contributed by atoms with Crippen LogP contribution in [0.2, 0.25) is 0 Å². The van der Waals surface area contributed by atoms with Crippen molar-refractivity contribution in [1.29, 1.82) is 0 Å². The van der Waals surface area contributed by atoms with Crippen LogP contribution < -0.4 is 9.62 Å². The molecule has 2 fully saturated rings. The van der Waals surface area contributed by atoms with Gasteiger partial charge in [0.05, 0.1) is 11.4 Å². The number of allylic oxidation sites excluding steroid dienone is 2. The average Bonchev–Trinajstić information content (AvgIpc) is 3.24. The molecule has 2 bridgehead atoms. The largest absolute Gasteiger partial charge is 0.326 e. The number of nitrogens with zero attached hydrogens (tertiary/aromatic N) is 1. The number of rotatable bonds is 3. The van der Waals surface area contributed by atoms with Gasteiger partial charge in [0.25, 0.3) is 0 Å². The van der Waals surface area contributed by atoms with Crippen LogP contribution in [0.15, 0.2) is 30.4 Å². The molecule has 0 unspecified atom stereocenters. The number of aryl methyl sites for hydroxylation is 1. The molecule has 24 heavy (non-hydrogen) atoms. The lowest BCUT2D eigenvalue weighted by atomic mass is 9.93. The molecule has 5 nitrogen and oxygen atoms in total. The second-order valence-electron chi connectivity index (χ2n) is 7.12. The van der Waals surface area contributed by atoms with Gasteiger partial charge in [-0.1, -0.05) is 18.2 Å². The van der Waals surface area contributed by atoms with Gasteiger partial charge in [0.2, 0.25) is 15.9 Å². The number of carbonyl (C=O) groups excluding carboxylic acids is 1. The Balaban J connectivity index is 1.55. The third kappa shape index (κ3) is 2.62. The SMILES string of the molecule is Cc1ccc(NC(=O)[C@@H]2C[C@H]3C=C[C@H]2C3)cc1N1CCCS1(=O)=O. The number of benzene rings is 1. The molecule has 1 N–H and O–H groups in total. The fraction of sp³-hybridized carbons (Fsp3) is 0.500. The Kier molecular flexibility index (Phi) is 3.67. The number of hydrogen-bond donors (Lipinski definition) is 1. The van der Waals surface area contributed by atoms with Crippen LogP contribution in [-0.4, -0.2) is 26.6 Å². The van der Waals surface area contributed by atoms with E-state index < -0.39 is 10.0 Å². The van der Waals surface area contributed by atoms with E-state index in [1.807, 2.05) is 19.1 Å². The molecule has 1 saturated heterocycles. The van der Waals surface area contributed by atoms with Crippen molar-refractivity contribution in [2.75, 3.05) is 21.9 Å². The molecule has 3 atom stereocenters. The van der Waals surface area contributed by atoms with Gasteiger partial charge in [-0.2, -0.15) is 0 Å². The van der Waals surface area contributed by atoms with E-state index in [0.29, 0.717) is 36.2 Å². The number of fused-ring (bicyclic) bond motifs is 2. The lowest BCUT2D eigenvalue weighted by Crippen LogP contribution is -2.27. The summed E-state index contributed by atoms with van der Waals surface area (Å²) in [6.07, 6.45) is 7.04. The van der Waals surface area contributed by atoms with Gasteiger partial charge in [0, 0.05) is 18.2 Å². The molecule has 3 aliphatic rings. The lowest BCUT2D eigenvalue weighted by Gasteiger charge is -2.21. The zero-order valence-corrected chi connectivity index (χ0v) is 14.6. The van der Waals surface area contributed by atoms with E-state index in [9.17, 15) is 13.2 Å². The van der Waals surface area contributed by atoms with Crippen molar-refractivity contribution < 1.29 is 13.2 Å². The minimum atomic E-state index is -3.22. The molecule has 0 radical (unpaired) electrons. The minimum absolute atomic E-state index is 0.0419. The molecule has 1 amide bonds. The van der Waals surface area contributed by atoms with Gasteiger partial charge in [-0.05, 0) is 55.7 Å². The number of hydrogen-bond acceptors (Lipinski definition) is 3. The Morgan fingerprint density at radius 2 is 2.08 bits per heavy atom. The van der Waals surface area contributed by atoms with Gasteiger partial charge in [-0.25, -0.2) is 8.42 Å². The Labute approximate surface area is 142 Å². The number of amides is 1. The van der Waals surface area contributed by atoms with Crippen LogP contribution in [0.4, 0.5) is 11.4 Å². The molecule has 1 aliphatic heterocycles. The van der Waals surface area contributed by atoms with Gasteiger partial charge >= 0.3 is 0 Å². The van der Waals surface area contributed by atoms with Gasteiger partial charge in [-0.15, -0.1) is 0 Å². The van der Waals surface area contributed by atoms with Gasteiger partial charge in [0.15, 0.2) is 0 Å². The van der Waals surface area contributed by atoms with E-state index in [0.717, 1.165) is 18.4 Å². The van der Waals surface area contributed by atoms with E-state index in [1.54, 1.807) is 6.07 Å². The van der Waals surface area contributed by atoms with Crippen LogP contribution in [0.25, 0.3) is 0 Å². The third-order valence-electron chi connectivity index (χ3n) is 5.46. The molecular formula is C18H22N2O3S. The van der Waals surface area contributed by atoms with Crippen LogP contribution in [0.5, 0.6) is 0 Å². The van der Waals surface area contributed by atoms with Crippen LogP contribution in [0, 0.1) is 24.7 Å². The molecule has 2 aliphatic carbocycles. The number of sulfonamides is 1. The Morgan fingerprint density at radius 3 is 2.71 bits per heavy atom. The van der Waals surface area contributed by atoms with Crippen LogP contribution in [-0.2, 0) is 14.8 Å². The molecule has 1 aromatic rings. The van der Waals surface area contributed by atoms with E-state index in [2.05, 4.69) is 17.5 Å². The maximum absolute atomic E-state index is 12.6. The maximum atomic E-state index is 12.6. The topological polar surface area (TPSA) is 66.5 Å². The van der Waals surface area contributed by atoms with Crippen molar-refractivity contribution in [3.05, 3.63) is 35.9 Å². The zero-order chi connectivity index (χ0) is 16.9. The average molecular weight is 346 g/mol. The summed E-state index contributed by atoms with van der Waals surface area (Å²) in [5.41, 5.74) is 2.26. The fourth-order valence-electron chi connectivity index (χ4n) is 4.18. The summed E-state index contributed by atoms with van der Waals surface area (Å²) in [5, 5.41) is 2.99. The highest BCUT2D eigenvalue weighted by Crippen LogP contribution is 2.44. The second kappa shape index (κ2) is 5.62. The van der Waals surface area contributed by atoms with Crippen molar-refractivity contribution in [2.45, 2.75) is 26.2 Å². The molecular weight excluding hydrogens is 324 g/mol. The monoisotopic (exact) mass is 346 g/mol. The van der Waals surface area contributed by atoms with Gasteiger partial charge < -0.3 is 5.32 Å². The zero-order valence-electron chi connectivity index (χ0n) is 13.7. The number of nitrogens with one attached hydrogen (secondary N) is 1. The molecule has 1 aromatic carbocycles. The quantitative estimate of drug-likeness (QED) is 0.856. The second-order valence-corrected chi connectivity index (χ2v) is 9.13. The van der Waals surface area contributed by atoms with Crippen molar-refractivity contribution in [2.24, 2.45) is 17.8 Å². The summed E-state index contributed by atoms with van der Waals surface area (Å²) in [6.45, 7) is 2.41. The van der Waals surface area contributed by atoms with E-state index >= 15 is 0 Å². The molecule has 4 rings (SSSR count). The van der Waals surface area contributed by atoms with E-state index in [1.165, 1.54) is 4.31 Å². The Hall–Kier alpha value is -1.82. The normalized spacial score (nSPS) is 30.0. The Bertz CT molecular complexity index is 816. The van der Waals surface area contributed by atoms with Crippen molar-refractivity contribution in [3.63, 3.8) is 0 Å². The molecule has 6 heteroatoms. The number of anilines is 2. The van der Waals surface area contributed by atoms with Crippen molar-refractivity contribution in [3.8, 4) is 0 Å². The molecule has 1 heterocycles. The highest BCUT2D eigenvalue weighted by atomic mass is 32.2. The van der Waals surface area contributed by atoms with Crippen molar-refractivity contribution >= 4 is 27.3 Å². The maximum Gasteiger partial charge on any atom is 0.235 e. The molecule has 0 aromatic heterocycles. The summed E-state index contributed by atoms with van der Waals surface area (Å²) in [6, 6.07) is 5.51. The standard InChI is InChI=1S/C18H22N2O3S/c1-12-3-6-15(11-17(12)20-7-2-8-24(20,22)23)19-18(21)16-10-13-4-5-14(16)9-13/h3-6,11,13-14,16H,2,7-10H2,1H3,(H,19,21)/t13-,14-,16+/m0/s1.